The molecule has 0 N–H and O–H groups in total. The van der Waals surface area contributed by atoms with Gasteiger partial charge >= 0.3 is 0 Å². The Kier molecular flexibility index (Phi) is 3.86. The second-order valence-corrected chi connectivity index (χ2v) is 6.08. The van der Waals surface area contributed by atoms with Crippen molar-refractivity contribution in [2.24, 2.45) is 5.92 Å². The highest BCUT2D eigenvalue weighted by Gasteiger charge is 2.20. The molecule has 4 nitrogen and oxygen atoms in total. The molecular formula is C17H22N4. The van der Waals surface area contributed by atoms with Crippen molar-refractivity contribution in [1.29, 1.82) is 0 Å². The molecule has 2 aromatic rings. The smallest absolute Gasteiger partial charge is 0.183 e. The van der Waals surface area contributed by atoms with E-state index in [1.54, 1.807) is 0 Å². The first-order chi connectivity index (χ1) is 10.1. The van der Waals surface area contributed by atoms with Crippen LogP contribution in [0.3, 0.4) is 0 Å². The Morgan fingerprint density at radius 1 is 1.00 bits per heavy atom. The number of nitrogens with zero attached hydrogens (tertiary/aromatic N) is 4. The van der Waals surface area contributed by atoms with Crippen LogP contribution < -0.4 is 4.90 Å². The lowest BCUT2D eigenvalue weighted by atomic mass is 9.99. The molecule has 1 fully saturated rings. The van der Waals surface area contributed by atoms with Gasteiger partial charge in [0.1, 0.15) is 5.69 Å². The molecule has 1 aromatic carbocycles. The fraction of sp³-hybridized carbons (Fsp3) is 0.471. The number of aromatic nitrogens is 3. The molecule has 4 heteroatoms. The SMILES string of the molecule is Cc1ccc(-c2nnc(C)c(N3CCC(C)CC3)n2)cc1. The van der Waals surface area contributed by atoms with E-state index in [2.05, 4.69) is 53.2 Å². The van der Waals surface area contributed by atoms with Crippen molar-refractivity contribution in [3.05, 3.63) is 35.5 Å². The Bertz CT molecular complexity index is 613. The van der Waals surface area contributed by atoms with Gasteiger partial charge in [0.25, 0.3) is 0 Å². The van der Waals surface area contributed by atoms with Crippen LogP contribution in [-0.4, -0.2) is 28.3 Å². The number of hydrogen-bond donors (Lipinski definition) is 0. The minimum absolute atomic E-state index is 0.717. The van der Waals surface area contributed by atoms with Gasteiger partial charge in [0.15, 0.2) is 11.6 Å². The molecule has 0 saturated carbocycles. The van der Waals surface area contributed by atoms with Gasteiger partial charge in [-0.05, 0) is 32.6 Å². The molecule has 110 valence electrons. The number of piperidine rings is 1. The van der Waals surface area contributed by atoms with Gasteiger partial charge in [-0.1, -0.05) is 36.8 Å². The van der Waals surface area contributed by atoms with Crippen LogP contribution >= 0.6 is 0 Å². The van der Waals surface area contributed by atoms with Crippen LogP contribution in [0.1, 0.15) is 31.0 Å². The van der Waals surface area contributed by atoms with Crippen LogP contribution in [0.4, 0.5) is 5.82 Å². The molecule has 0 bridgehead atoms. The van der Waals surface area contributed by atoms with Crippen molar-refractivity contribution in [2.45, 2.75) is 33.6 Å². The van der Waals surface area contributed by atoms with E-state index >= 15 is 0 Å². The highest BCUT2D eigenvalue weighted by molar-refractivity contribution is 5.58. The summed E-state index contributed by atoms with van der Waals surface area (Å²) in [6, 6.07) is 8.29. The fourth-order valence-corrected chi connectivity index (χ4v) is 2.72. The third-order valence-corrected chi connectivity index (χ3v) is 4.22. The monoisotopic (exact) mass is 282 g/mol. The van der Waals surface area contributed by atoms with Crippen molar-refractivity contribution in [1.82, 2.24) is 15.2 Å². The molecule has 3 rings (SSSR count). The first-order valence-electron chi connectivity index (χ1n) is 7.67. The number of rotatable bonds is 2. The molecule has 0 unspecified atom stereocenters. The van der Waals surface area contributed by atoms with Crippen LogP contribution in [-0.2, 0) is 0 Å². The van der Waals surface area contributed by atoms with Crippen LogP contribution in [0, 0.1) is 19.8 Å². The summed E-state index contributed by atoms with van der Waals surface area (Å²) in [5, 5.41) is 8.58. The minimum atomic E-state index is 0.717. The second-order valence-electron chi connectivity index (χ2n) is 6.08. The largest absolute Gasteiger partial charge is 0.355 e. The zero-order chi connectivity index (χ0) is 14.8. The summed E-state index contributed by atoms with van der Waals surface area (Å²) in [7, 11) is 0. The topological polar surface area (TPSA) is 41.9 Å². The van der Waals surface area contributed by atoms with Gasteiger partial charge in [0.05, 0.1) is 0 Å². The quantitative estimate of drug-likeness (QED) is 0.846. The van der Waals surface area contributed by atoms with E-state index in [0.717, 1.165) is 36.1 Å². The molecular weight excluding hydrogens is 260 g/mol. The maximum absolute atomic E-state index is 4.77. The van der Waals surface area contributed by atoms with Crippen molar-refractivity contribution in [3.63, 3.8) is 0 Å². The third-order valence-electron chi connectivity index (χ3n) is 4.22. The van der Waals surface area contributed by atoms with Crippen molar-refractivity contribution in [3.8, 4) is 11.4 Å². The summed E-state index contributed by atoms with van der Waals surface area (Å²) < 4.78 is 0. The van der Waals surface area contributed by atoms with E-state index in [9.17, 15) is 0 Å². The summed E-state index contributed by atoms with van der Waals surface area (Å²) in [6.45, 7) is 8.52. The molecule has 0 spiro atoms. The van der Waals surface area contributed by atoms with E-state index in [-0.39, 0.29) is 0 Å². The summed E-state index contributed by atoms with van der Waals surface area (Å²) in [5.41, 5.74) is 3.18. The van der Waals surface area contributed by atoms with E-state index in [0.29, 0.717) is 5.82 Å². The maximum atomic E-state index is 4.77. The summed E-state index contributed by atoms with van der Waals surface area (Å²) >= 11 is 0. The van der Waals surface area contributed by atoms with E-state index < -0.39 is 0 Å². The van der Waals surface area contributed by atoms with Crippen molar-refractivity contribution in [2.75, 3.05) is 18.0 Å². The molecule has 1 saturated heterocycles. The van der Waals surface area contributed by atoms with Crippen LogP contribution in [0.2, 0.25) is 0 Å². The summed E-state index contributed by atoms with van der Waals surface area (Å²) in [4.78, 5) is 7.12. The molecule has 0 aliphatic carbocycles. The Balaban J connectivity index is 1.91. The van der Waals surface area contributed by atoms with Crippen LogP contribution in [0.5, 0.6) is 0 Å². The predicted octanol–water partition coefficient (Wildman–Crippen LogP) is 3.39. The fourth-order valence-electron chi connectivity index (χ4n) is 2.72. The lowest BCUT2D eigenvalue weighted by Gasteiger charge is -2.31. The van der Waals surface area contributed by atoms with E-state index in [1.165, 1.54) is 18.4 Å². The lowest BCUT2D eigenvalue weighted by Crippen LogP contribution is -2.34. The summed E-state index contributed by atoms with van der Waals surface area (Å²) in [5.74, 6) is 2.52. The molecule has 2 heterocycles. The van der Waals surface area contributed by atoms with E-state index in [1.807, 2.05) is 6.92 Å². The zero-order valence-corrected chi connectivity index (χ0v) is 13.0. The first kappa shape index (κ1) is 14.0. The Morgan fingerprint density at radius 2 is 1.67 bits per heavy atom. The number of benzene rings is 1. The number of hydrogen-bond acceptors (Lipinski definition) is 4. The zero-order valence-electron chi connectivity index (χ0n) is 13.0. The minimum Gasteiger partial charge on any atom is -0.355 e. The van der Waals surface area contributed by atoms with Gasteiger partial charge in [0, 0.05) is 18.7 Å². The Morgan fingerprint density at radius 3 is 2.33 bits per heavy atom. The van der Waals surface area contributed by atoms with Gasteiger partial charge in [0.2, 0.25) is 0 Å². The average Bonchev–Trinajstić information content (AvgIpc) is 2.50. The lowest BCUT2D eigenvalue weighted by molar-refractivity contribution is 0.435. The Hall–Kier alpha value is -1.97. The standard InChI is InChI=1S/C17H22N4/c1-12-4-6-15(7-5-12)16-18-17(14(3)19-20-16)21-10-8-13(2)9-11-21/h4-7,13H,8-11H2,1-3H3. The predicted molar refractivity (Wildman–Crippen MR) is 85.3 cm³/mol. The Labute approximate surface area is 126 Å². The van der Waals surface area contributed by atoms with Gasteiger partial charge in [-0.2, -0.15) is 0 Å². The molecule has 21 heavy (non-hydrogen) atoms. The number of aryl methyl sites for hydroxylation is 2. The van der Waals surface area contributed by atoms with Gasteiger partial charge in [-0.25, -0.2) is 4.98 Å². The van der Waals surface area contributed by atoms with Crippen molar-refractivity contribution >= 4 is 5.82 Å². The van der Waals surface area contributed by atoms with Gasteiger partial charge in [-0.15, -0.1) is 10.2 Å². The summed E-state index contributed by atoms with van der Waals surface area (Å²) in [6.07, 6.45) is 2.45. The molecule has 0 radical (unpaired) electrons. The van der Waals surface area contributed by atoms with Crippen LogP contribution in [0.15, 0.2) is 24.3 Å². The third kappa shape index (κ3) is 3.04. The molecule has 1 aliphatic heterocycles. The molecule has 1 aliphatic rings. The van der Waals surface area contributed by atoms with Crippen LogP contribution in [0.25, 0.3) is 11.4 Å². The molecule has 0 amide bonds. The molecule has 1 aromatic heterocycles. The highest BCUT2D eigenvalue weighted by atomic mass is 15.3. The average molecular weight is 282 g/mol. The maximum Gasteiger partial charge on any atom is 0.183 e. The normalized spacial score (nSPS) is 16.2. The second kappa shape index (κ2) is 5.80. The first-order valence-corrected chi connectivity index (χ1v) is 7.67. The number of anilines is 1. The highest BCUT2D eigenvalue weighted by Crippen LogP contribution is 2.25. The van der Waals surface area contributed by atoms with Gasteiger partial charge in [-0.3, -0.25) is 0 Å². The van der Waals surface area contributed by atoms with Crippen molar-refractivity contribution < 1.29 is 0 Å². The molecule has 0 atom stereocenters. The van der Waals surface area contributed by atoms with E-state index in [4.69, 9.17) is 4.98 Å². The van der Waals surface area contributed by atoms with Gasteiger partial charge < -0.3 is 4.90 Å².